The molecule has 0 saturated heterocycles. The van der Waals surface area contributed by atoms with Crippen molar-refractivity contribution in [3.05, 3.63) is 184 Å². The number of carbonyl (C=O) groups is 3. The van der Waals surface area contributed by atoms with Gasteiger partial charge in [-0.05, 0) is 48.4 Å². The Kier molecular flexibility index (Phi) is 19.5. The predicted molar refractivity (Wildman–Crippen MR) is 312 cm³/mol. The molecule has 13 rings (SSSR count). The average Bonchev–Trinajstić information content (AvgIpc) is 4.43. The second-order valence-corrected chi connectivity index (χ2v) is 17.6. The van der Waals surface area contributed by atoms with E-state index in [1.807, 2.05) is 141 Å². The number of aromatic nitrogens is 6. The van der Waals surface area contributed by atoms with Gasteiger partial charge >= 0.3 is 0 Å². The van der Waals surface area contributed by atoms with Crippen LogP contribution in [-0.2, 0) is 39.0 Å². The summed E-state index contributed by atoms with van der Waals surface area (Å²) >= 11 is 4.64. The molecule has 7 aromatic carbocycles. The van der Waals surface area contributed by atoms with E-state index in [-0.39, 0.29) is 44.7 Å². The van der Waals surface area contributed by atoms with E-state index >= 15 is 0 Å². The van der Waals surface area contributed by atoms with Crippen molar-refractivity contribution in [2.75, 3.05) is 47.0 Å². The third-order valence-electron chi connectivity index (χ3n) is 13.2. The van der Waals surface area contributed by atoms with Crippen LogP contribution in [0.2, 0.25) is 0 Å². The van der Waals surface area contributed by atoms with Gasteiger partial charge in [-0.1, -0.05) is 138 Å². The van der Waals surface area contributed by atoms with Crippen LogP contribution < -0.4 is 4.74 Å². The molecule has 0 radical (unpaired) electrons. The van der Waals surface area contributed by atoms with Crippen LogP contribution in [0.1, 0.15) is 87.6 Å². The van der Waals surface area contributed by atoms with E-state index in [4.69, 9.17) is 28.8 Å². The van der Waals surface area contributed by atoms with Gasteiger partial charge in [-0.15, -0.1) is 11.6 Å². The first-order valence-corrected chi connectivity index (χ1v) is 25.9. The number of phenolic OH excluding ortho intramolecular Hbond substituents is 1. The first-order valence-electron chi connectivity index (χ1n) is 25.1. The fourth-order valence-electron chi connectivity index (χ4n) is 9.82. The number of H-pyrrole nitrogens is 1. The standard InChI is InChI=1S/C21H14N2O2.C19H18N2O3.C18H16N2O4.C2H6.CH3Cl.2CH4/c24-21-15-9-4-10-16-18(15)20(23-22-16)14-8-5-11-17(19(14)21)25-12-13-6-2-1-3-7-13;1-12-5-3-6-13-16(12)19(22)14-7-4-8-15-17(14)18(13)20-21(15)11-24-10-9-23-2;1-23-8-9-24-10-20-13-6-2-5-12-15(13)17(19-20)11-4-3-7-14(21)16(11)18(12)22;2*1-2;;/h1-11H,12H2,(H,22,23);3-8H,9-11H2,1-2H3;2-7,21H,8-10H2,1H3;1-2H3;1H3;2*1H4. The van der Waals surface area contributed by atoms with Crippen LogP contribution in [0.3, 0.4) is 0 Å². The summed E-state index contributed by atoms with van der Waals surface area (Å²) in [5.41, 5.74) is 13.0. The number of fused-ring (bicyclic) bond motifs is 6. The van der Waals surface area contributed by atoms with Crippen molar-refractivity contribution in [3.63, 3.8) is 0 Å². The highest BCUT2D eigenvalue weighted by Gasteiger charge is 2.33. The van der Waals surface area contributed by atoms with Gasteiger partial charge in [0.15, 0.2) is 17.3 Å². The number of nitrogens with one attached hydrogen (secondary N) is 1. The van der Waals surface area contributed by atoms with E-state index < -0.39 is 0 Å². The summed E-state index contributed by atoms with van der Waals surface area (Å²) in [5.74, 6) is 0.448. The lowest BCUT2D eigenvalue weighted by molar-refractivity contribution is 0.0309. The SMILES string of the molecule is C.C.CC.CCl.COCCOCn1nc2c3c(cccc31)C(=O)c1c(C)cccc1-2.COCCOCn1nc2c3c(cccc31)C(=O)c1c(O)cccc1-2.O=C1c2c(OCc3ccccc3)cccc2-c2n[nH]c3cccc1c23. The Hall–Kier alpha value is -8.31. The van der Waals surface area contributed by atoms with E-state index in [1.54, 1.807) is 37.1 Å². The second-order valence-electron chi connectivity index (χ2n) is 17.6. The van der Waals surface area contributed by atoms with Crippen molar-refractivity contribution < 1.29 is 43.2 Å². The number of aryl methyl sites for hydroxylation is 1. The van der Waals surface area contributed by atoms with E-state index in [1.165, 1.54) is 12.4 Å². The lowest BCUT2D eigenvalue weighted by Gasteiger charge is -2.18. The number of hydrogen-bond donors (Lipinski definition) is 2. The molecule has 79 heavy (non-hydrogen) atoms. The highest BCUT2D eigenvalue weighted by molar-refractivity contribution is 6.28. The van der Waals surface area contributed by atoms with Gasteiger partial charge in [0.25, 0.3) is 0 Å². The number of alkyl halides is 1. The summed E-state index contributed by atoms with van der Waals surface area (Å²) in [6.45, 7) is 8.99. The normalized spacial score (nSPS) is 11.7. The molecular weight excluding hydrogens is 1020 g/mol. The van der Waals surface area contributed by atoms with Crippen LogP contribution in [0.25, 0.3) is 66.5 Å². The van der Waals surface area contributed by atoms with Crippen molar-refractivity contribution >= 4 is 61.7 Å². The fraction of sp³-hybridized carbons (Fsp3) is 0.238. The highest BCUT2D eigenvalue weighted by Crippen LogP contribution is 2.44. The van der Waals surface area contributed by atoms with Crippen molar-refractivity contribution in [2.24, 2.45) is 0 Å². The number of rotatable bonds is 13. The molecule has 16 heteroatoms. The minimum absolute atomic E-state index is 0. The summed E-state index contributed by atoms with van der Waals surface area (Å²) in [5, 5.41) is 29.5. The van der Waals surface area contributed by atoms with Crippen LogP contribution in [0.4, 0.5) is 0 Å². The number of aromatic hydroxyl groups is 1. The molecule has 0 atom stereocenters. The number of halogens is 1. The molecule has 10 aromatic rings. The number of benzene rings is 7. The Morgan fingerprint density at radius 3 is 1.57 bits per heavy atom. The molecule has 3 aliphatic rings. The largest absolute Gasteiger partial charge is 0.507 e. The molecule has 3 aromatic heterocycles. The maximum atomic E-state index is 13.1. The van der Waals surface area contributed by atoms with Crippen molar-refractivity contribution in [2.45, 2.75) is 55.7 Å². The first kappa shape index (κ1) is 58.4. The third-order valence-corrected chi connectivity index (χ3v) is 13.2. The quantitative estimate of drug-likeness (QED) is 0.0825. The number of carbonyl (C=O) groups excluding carboxylic acids is 3. The number of ether oxygens (including phenoxy) is 5. The van der Waals surface area contributed by atoms with Gasteiger partial charge in [0.05, 0.1) is 54.1 Å². The topological polar surface area (TPSA) is 182 Å². The molecule has 3 heterocycles. The minimum Gasteiger partial charge on any atom is -0.507 e. The van der Waals surface area contributed by atoms with E-state index in [0.717, 1.165) is 71.9 Å². The third kappa shape index (κ3) is 11.1. The van der Waals surface area contributed by atoms with E-state index in [0.29, 0.717) is 84.6 Å². The lowest BCUT2D eigenvalue weighted by atomic mass is 9.85. The second kappa shape index (κ2) is 26.4. The number of aromatic amines is 1. The van der Waals surface area contributed by atoms with Crippen molar-refractivity contribution in [1.82, 2.24) is 29.8 Å². The van der Waals surface area contributed by atoms with Crippen LogP contribution in [0.15, 0.2) is 140 Å². The van der Waals surface area contributed by atoms with Gasteiger partial charge < -0.3 is 28.8 Å². The van der Waals surface area contributed by atoms with Crippen LogP contribution in [-0.4, -0.2) is 99.2 Å². The summed E-state index contributed by atoms with van der Waals surface area (Å²) < 4.78 is 30.7. The first-order chi connectivity index (χ1) is 37.8. The maximum absolute atomic E-state index is 13.1. The number of ketones is 3. The summed E-state index contributed by atoms with van der Waals surface area (Å²) in [4.78, 5) is 38.8. The maximum Gasteiger partial charge on any atom is 0.198 e. The van der Waals surface area contributed by atoms with Gasteiger partial charge in [-0.25, -0.2) is 9.36 Å². The van der Waals surface area contributed by atoms with Gasteiger partial charge in [-0.3, -0.25) is 19.5 Å². The number of hydrogen-bond acceptors (Lipinski definition) is 12. The summed E-state index contributed by atoms with van der Waals surface area (Å²) in [6.07, 6.45) is 1.47. The number of methoxy groups -OCH3 is 2. The molecule has 0 fully saturated rings. The minimum atomic E-state index is -0.180. The monoisotopic (exact) mass is 1080 g/mol. The van der Waals surface area contributed by atoms with Gasteiger partial charge in [0, 0.05) is 75.7 Å². The zero-order valence-corrected chi connectivity index (χ0v) is 44.3. The molecule has 408 valence electrons. The van der Waals surface area contributed by atoms with Crippen molar-refractivity contribution in [1.29, 1.82) is 0 Å². The number of nitrogens with zero attached hydrogens (tertiary/aromatic N) is 5. The van der Waals surface area contributed by atoms with E-state index in [2.05, 4.69) is 26.9 Å². The lowest BCUT2D eigenvalue weighted by Crippen LogP contribution is -2.11. The van der Waals surface area contributed by atoms with Gasteiger partial charge in [-0.2, -0.15) is 15.3 Å². The zero-order chi connectivity index (χ0) is 54.2. The van der Waals surface area contributed by atoms with Crippen molar-refractivity contribution in [3.8, 4) is 45.3 Å². The molecular formula is C63H65ClN6O9. The smallest absolute Gasteiger partial charge is 0.198 e. The Labute approximate surface area is 464 Å². The summed E-state index contributed by atoms with van der Waals surface area (Å²) in [7, 11) is 3.26. The fourth-order valence-corrected chi connectivity index (χ4v) is 9.82. The van der Waals surface area contributed by atoms with Gasteiger partial charge in [0.1, 0.15) is 48.6 Å². The summed E-state index contributed by atoms with van der Waals surface area (Å²) in [6, 6.07) is 43.4. The molecule has 0 bridgehead atoms. The van der Waals surface area contributed by atoms with Crippen LogP contribution in [0.5, 0.6) is 11.5 Å². The van der Waals surface area contributed by atoms with Gasteiger partial charge in [0.2, 0.25) is 0 Å². The Balaban J connectivity index is 0.000000164. The molecule has 0 amide bonds. The molecule has 3 aliphatic carbocycles. The predicted octanol–water partition coefficient (Wildman–Crippen LogP) is 13.3. The molecule has 15 nitrogen and oxygen atoms in total. The molecule has 0 spiro atoms. The Morgan fingerprint density at radius 1 is 0.519 bits per heavy atom. The number of phenols is 1. The average molecular weight is 1090 g/mol. The molecule has 0 unspecified atom stereocenters. The van der Waals surface area contributed by atoms with Crippen LogP contribution >= 0.6 is 11.6 Å². The molecule has 0 aliphatic heterocycles. The highest BCUT2D eigenvalue weighted by atomic mass is 35.5. The Morgan fingerprint density at radius 2 is 0.987 bits per heavy atom. The zero-order valence-electron chi connectivity index (χ0n) is 43.6. The molecule has 0 saturated carbocycles. The molecule has 2 N–H and O–H groups in total. The van der Waals surface area contributed by atoms with E-state index in [9.17, 15) is 19.5 Å². The van der Waals surface area contributed by atoms with Crippen LogP contribution in [0, 0.1) is 6.92 Å². The Bertz CT molecular complexity index is 3630.